The number of hydrogen-bond donors (Lipinski definition) is 0. The van der Waals surface area contributed by atoms with Gasteiger partial charge >= 0.3 is 0 Å². The molecule has 1 rings (SSSR count). The topological polar surface area (TPSA) is 16.1 Å². The van der Waals surface area contributed by atoms with Crippen LogP contribution in [0, 0.1) is 0 Å². The van der Waals surface area contributed by atoms with E-state index < -0.39 is 0 Å². The summed E-state index contributed by atoms with van der Waals surface area (Å²) in [4.78, 5) is 7.21. The van der Waals surface area contributed by atoms with Gasteiger partial charge in [0.2, 0.25) is 0 Å². The number of halogens is 2. The van der Waals surface area contributed by atoms with Gasteiger partial charge in [-0.2, -0.15) is 0 Å². The Labute approximate surface area is 108 Å². The SMILES string of the molecule is CC(Br)CCN(C)Cc1ccc(Br)cn1. The van der Waals surface area contributed by atoms with Crippen LogP contribution >= 0.6 is 31.9 Å². The number of nitrogens with zero attached hydrogens (tertiary/aromatic N) is 2. The molecule has 1 aromatic heterocycles. The van der Waals surface area contributed by atoms with Crippen molar-refractivity contribution in [2.24, 2.45) is 0 Å². The number of rotatable bonds is 5. The van der Waals surface area contributed by atoms with Crippen molar-refractivity contribution >= 4 is 31.9 Å². The fourth-order valence-corrected chi connectivity index (χ4v) is 1.69. The standard InChI is InChI=1S/C11H16Br2N2/c1-9(12)5-6-15(2)8-11-4-3-10(13)7-14-11/h3-4,7,9H,5-6,8H2,1-2H3. The second-order valence-corrected chi connectivity index (χ2v) is 6.25. The summed E-state index contributed by atoms with van der Waals surface area (Å²) in [6.45, 7) is 4.17. The van der Waals surface area contributed by atoms with Crippen molar-refractivity contribution in [3.63, 3.8) is 0 Å². The highest BCUT2D eigenvalue weighted by Gasteiger charge is 2.03. The van der Waals surface area contributed by atoms with Gasteiger partial charge in [0.1, 0.15) is 0 Å². The maximum atomic E-state index is 4.35. The summed E-state index contributed by atoms with van der Waals surface area (Å²) >= 11 is 6.93. The molecular formula is C11H16Br2N2. The van der Waals surface area contributed by atoms with Crippen molar-refractivity contribution < 1.29 is 0 Å². The van der Waals surface area contributed by atoms with Crippen molar-refractivity contribution in [3.8, 4) is 0 Å². The largest absolute Gasteiger partial charge is 0.301 e. The van der Waals surface area contributed by atoms with E-state index in [0.717, 1.165) is 29.7 Å². The summed E-state index contributed by atoms with van der Waals surface area (Å²) < 4.78 is 1.03. The fourth-order valence-electron chi connectivity index (χ4n) is 1.25. The van der Waals surface area contributed by atoms with Crippen LogP contribution in [0.1, 0.15) is 19.0 Å². The Morgan fingerprint density at radius 1 is 1.47 bits per heavy atom. The second-order valence-electron chi connectivity index (χ2n) is 3.77. The molecule has 1 unspecified atom stereocenters. The number of aromatic nitrogens is 1. The van der Waals surface area contributed by atoms with Gasteiger partial charge in [-0.1, -0.05) is 22.9 Å². The van der Waals surface area contributed by atoms with E-state index in [4.69, 9.17) is 0 Å². The van der Waals surface area contributed by atoms with E-state index in [2.05, 4.69) is 61.8 Å². The number of alkyl halides is 1. The van der Waals surface area contributed by atoms with Crippen LogP contribution in [-0.4, -0.2) is 28.3 Å². The predicted molar refractivity (Wildman–Crippen MR) is 71.3 cm³/mol. The van der Waals surface area contributed by atoms with Gasteiger partial charge in [-0.25, -0.2) is 0 Å². The minimum absolute atomic E-state index is 0.581. The number of pyridine rings is 1. The van der Waals surface area contributed by atoms with Crippen LogP contribution < -0.4 is 0 Å². The Morgan fingerprint density at radius 2 is 2.20 bits per heavy atom. The Kier molecular flexibility index (Phi) is 5.79. The molecule has 0 saturated carbocycles. The van der Waals surface area contributed by atoms with Crippen LogP contribution in [0.4, 0.5) is 0 Å². The molecule has 0 aliphatic carbocycles. The quantitative estimate of drug-likeness (QED) is 0.766. The third-order valence-corrected chi connectivity index (χ3v) is 3.06. The first-order valence-corrected chi connectivity index (χ1v) is 6.72. The van der Waals surface area contributed by atoms with Crippen LogP contribution in [0.5, 0.6) is 0 Å². The predicted octanol–water partition coefficient (Wildman–Crippen LogP) is 3.45. The molecular weight excluding hydrogens is 320 g/mol. The zero-order valence-electron chi connectivity index (χ0n) is 9.08. The van der Waals surface area contributed by atoms with Gasteiger partial charge in [0, 0.05) is 22.0 Å². The van der Waals surface area contributed by atoms with Crippen molar-refractivity contribution in [3.05, 3.63) is 28.5 Å². The monoisotopic (exact) mass is 334 g/mol. The van der Waals surface area contributed by atoms with E-state index >= 15 is 0 Å². The molecule has 15 heavy (non-hydrogen) atoms. The molecule has 1 aromatic rings. The average molecular weight is 336 g/mol. The number of hydrogen-bond acceptors (Lipinski definition) is 2. The van der Waals surface area contributed by atoms with Gasteiger partial charge in [-0.3, -0.25) is 4.98 Å². The molecule has 0 radical (unpaired) electrons. The van der Waals surface area contributed by atoms with E-state index in [1.807, 2.05) is 12.3 Å². The smallest absolute Gasteiger partial charge is 0.0544 e. The molecule has 0 aliphatic rings. The molecule has 0 aliphatic heterocycles. The zero-order valence-corrected chi connectivity index (χ0v) is 12.3. The molecule has 0 N–H and O–H groups in total. The summed E-state index contributed by atoms with van der Waals surface area (Å²) in [5, 5.41) is 0. The van der Waals surface area contributed by atoms with Gasteiger partial charge in [-0.15, -0.1) is 0 Å². The van der Waals surface area contributed by atoms with Crippen LogP contribution in [-0.2, 0) is 6.54 Å². The zero-order chi connectivity index (χ0) is 11.3. The second kappa shape index (κ2) is 6.61. The fraction of sp³-hybridized carbons (Fsp3) is 0.545. The Morgan fingerprint density at radius 3 is 2.73 bits per heavy atom. The van der Waals surface area contributed by atoms with E-state index in [0.29, 0.717) is 4.83 Å². The maximum Gasteiger partial charge on any atom is 0.0544 e. The lowest BCUT2D eigenvalue weighted by Crippen LogP contribution is -2.21. The van der Waals surface area contributed by atoms with Crippen molar-refractivity contribution in [1.82, 2.24) is 9.88 Å². The summed E-state index contributed by atoms with van der Waals surface area (Å²) in [6, 6.07) is 4.08. The van der Waals surface area contributed by atoms with Crippen molar-refractivity contribution in [1.29, 1.82) is 0 Å². The molecule has 0 aromatic carbocycles. The first-order chi connectivity index (χ1) is 7.08. The highest BCUT2D eigenvalue weighted by Crippen LogP contribution is 2.09. The molecule has 1 heterocycles. The lowest BCUT2D eigenvalue weighted by Gasteiger charge is -2.16. The molecule has 0 bridgehead atoms. The van der Waals surface area contributed by atoms with E-state index in [1.165, 1.54) is 0 Å². The van der Waals surface area contributed by atoms with Gasteiger partial charge in [0.05, 0.1) is 5.69 Å². The molecule has 0 spiro atoms. The summed E-state index contributed by atoms with van der Waals surface area (Å²) in [5.74, 6) is 0. The van der Waals surface area contributed by atoms with E-state index in [-0.39, 0.29) is 0 Å². The third kappa shape index (κ3) is 5.64. The lowest BCUT2D eigenvalue weighted by molar-refractivity contribution is 0.319. The maximum absolute atomic E-state index is 4.35. The molecule has 1 atom stereocenters. The van der Waals surface area contributed by atoms with E-state index in [9.17, 15) is 0 Å². The summed E-state index contributed by atoms with van der Waals surface area (Å²) in [5.41, 5.74) is 1.11. The minimum atomic E-state index is 0.581. The molecule has 0 amide bonds. The molecule has 4 heteroatoms. The van der Waals surface area contributed by atoms with Gasteiger partial charge in [-0.05, 0) is 48.1 Å². The third-order valence-electron chi connectivity index (χ3n) is 2.13. The first-order valence-electron chi connectivity index (χ1n) is 5.01. The normalized spacial score (nSPS) is 13.1. The van der Waals surface area contributed by atoms with Crippen LogP contribution in [0.25, 0.3) is 0 Å². The highest BCUT2D eigenvalue weighted by atomic mass is 79.9. The molecule has 84 valence electrons. The van der Waals surface area contributed by atoms with Crippen LogP contribution in [0.2, 0.25) is 0 Å². The van der Waals surface area contributed by atoms with Gasteiger partial charge in [0.15, 0.2) is 0 Å². The summed E-state index contributed by atoms with van der Waals surface area (Å²) in [7, 11) is 2.12. The molecule has 0 fully saturated rings. The Hall–Kier alpha value is 0.0700. The average Bonchev–Trinajstić information content (AvgIpc) is 2.19. The minimum Gasteiger partial charge on any atom is -0.301 e. The Balaban J connectivity index is 2.37. The van der Waals surface area contributed by atoms with Gasteiger partial charge < -0.3 is 4.90 Å². The van der Waals surface area contributed by atoms with Gasteiger partial charge in [0.25, 0.3) is 0 Å². The molecule has 2 nitrogen and oxygen atoms in total. The Bertz CT molecular complexity index is 285. The van der Waals surface area contributed by atoms with Crippen LogP contribution in [0.15, 0.2) is 22.8 Å². The van der Waals surface area contributed by atoms with E-state index in [1.54, 1.807) is 0 Å². The lowest BCUT2D eigenvalue weighted by atomic mass is 10.3. The summed E-state index contributed by atoms with van der Waals surface area (Å²) in [6.07, 6.45) is 3.00. The highest BCUT2D eigenvalue weighted by molar-refractivity contribution is 9.10. The van der Waals surface area contributed by atoms with Crippen LogP contribution in [0.3, 0.4) is 0 Å². The van der Waals surface area contributed by atoms with Crippen molar-refractivity contribution in [2.45, 2.75) is 24.7 Å². The first kappa shape index (κ1) is 13.1. The molecule has 0 saturated heterocycles. The van der Waals surface area contributed by atoms with Crippen molar-refractivity contribution in [2.75, 3.05) is 13.6 Å².